The van der Waals surface area contributed by atoms with E-state index >= 15 is 0 Å². The number of halogens is 1. The molecule has 0 aromatic carbocycles. The van der Waals surface area contributed by atoms with E-state index in [-0.39, 0.29) is 29.8 Å². The summed E-state index contributed by atoms with van der Waals surface area (Å²) in [7, 11) is 0. The Morgan fingerprint density at radius 1 is 1.56 bits per heavy atom. The molecule has 2 atom stereocenters. The average molecular weight is 279 g/mol. The lowest BCUT2D eigenvalue weighted by Gasteiger charge is -2.26. The van der Waals surface area contributed by atoms with Crippen molar-refractivity contribution < 1.29 is 9.90 Å². The number of amides is 1. The molecule has 0 bridgehead atoms. The minimum absolute atomic E-state index is 0. The number of carbonyl (C=O) groups is 1. The van der Waals surface area contributed by atoms with Gasteiger partial charge in [-0.15, -0.1) is 12.4 Å². The van der Waals surface area contributed by atoms with Crippen LogP contribution in [0.3, 0.4) is 0 Å². The SMILES string of the molecule is CC(O)CC(C)(C)CNC(=O)CC1CCCN1.Cl. The summed E-state index contributed by atoms with van der Waals surface area (Å²) < 4.78 is 0. The van der Waals surface area contributed by atoms with Gasteiger partial charge in [0.05, 0.1) is 6.10 Å². The summed E-state index contributed by atoms with van der Waals surface area (Å²) in [6.45, 7) is 7.57. The van der Waals surface area contributed by atoms with E-state index in [4.69, 9.17) is 0 Å². The first-order chi connectivity index (χ1) is 7.89. The Balaban J connectivity index is 0.00000289. The molecule has 0 aromatic rings. The van der Waals surface area contributed by atoms with Gasteiger partial charge in [0.1, 0.15) is 0 Å². The largest absolute Gasteiger partial charge is 0.393 e. The van der Waals surface area contributed by atoms with Gasteiger partial charge in [0.25, 0.3) is 0 Å². The summed E-state index contributed by atoms with van der Waals surface area (Å²) in [5.41, 5.74) is -0.0487. The zero-order valence-corrected chi connectivity index (χ0v) is 12.5. The molecule has 1 heterocycles. The summed E-state index contributed by atoms with van der Waals surface area (Å²) in [5, 5.41) is 15.6. The summed E-state index contributed by atoms with van der Waals surface area (Å²) >= 11 is 0. The highest BCUT2D eigenvalue weighted by Gasteiger charge is 2.22. The summed E-state index contributed by atoms with van der Waals surface area (Å²) in [6, 6.07) is 0.356. The number of hydrogen-bond acceptors (Lipinski definition) is 3. The third-order valence-corrected chi connectivity index (χ3v) is 3.21. The van der Waals surface area contributed by atoms with Gasteiger partial charge in [-0.05, 0) is 38.1 Å². The number of aliphatic hydroxyl groups excluding tert-OH is 1. The Bertz CT molecular complexity index is 251. The van der Waals surface area contributed by atoms with Crippen molar-refractivity contribution in [3.8, 4) is 0 Å². The molecule has 0 saturated carbocycles. The first-order valence-corrected chi connectivity index (χ1v) is 6.57. The van der Waals surface area contributed by atoms with Gasteiger partial charge in [-0.3, -0.25) is 4.79 Å². The molecule has 18 heavy (non-hydrogen) atoms. The molecule has 0 spiro atoms. The predicted molar refractivity (Wildman–Crippen MR) is 76.0 cm³/mol. The zero-order valence-electron chi connectivity index (χ0n) is 11.7. The molecule has 1 rings (SSSR count). The van der Waals surface area contributed by atoms with E-state index in [9.17, 15) is 9.90 Å². The second kappa shape index (κ2) is 7.97. The van der Waals surface area contributed by atoms with Gasteiger partial charge in [-0.2, -0.15) is 0 Å². The van der Waals surface area contributed by atoms with E-state index in [1.54, 1.807) is 6.92 Å². The predicted octanol–water partition coefficient (Wildman–Crippen LogP) is 1.46. The number of rotatable bonds is 6. The van der Waals surface area contributed by atoms with Crippen LogP contribution in [0.2, 0.25) is 0 Å². The van der Waals surface area contributed by atoms with Crippen molar-refractivity contribution in [3.05, 3.63) is 0 Å². The Hall–Kier alpha value is -0.320. The van der Waals surface area contributed by atoms with Crippen molar-refractivity contribution in [1.82, 2.24) is 10.6 Å². The van der Waals surface area contributed by atoms with Crippen LogP contribution in [0, 0.1) is 5.41 Å². The standard InChI is InChI=1S/C13H26N2O2.ClH/c1-10(16)8-13(2,3)9-15-12(17)7-11-5-4-6-14-11;/h10-11,14,16H,4-9H2,1-3H3,(H,15,17);1H. The maximum Gasteiger partial charge on any atom is 0.221 e. The second-order valence-electron chi connectivity index (χ2n) is 5.99. The third kappa shape index (κ3) is 7.19. The van der Waals surface area contributed by atoms with Crippen molar-refractivity contribution in [3.63, 3.8) is 0 Å². The molecule has 108 valence electrons. The molecule has 0 aromatic heterocycles. The van der Waals surface area contributed by atoms with Gasteiger partial charge < -0.3 is 15.7 Å². The lowest BCUT2D eigenvalue weighted by Crippen LogP contribution is -2.38. The molecule has 2 unspecified atom stereocenters. The van der Waals surface area contributed by atoms with E-state index in [1.165, 1.54) is 6.42 Å². The quantitative estimate of drug-likeness (QED) is 0.689. The number of aliphatic hydroxyl groups is 1. The van der Waals surface area contributed by atoms with Gasteiger partial charge in [0, 0.05) is 19.0 Å². The highest BCUT2D eigenvalue weighted by atomic mass is 35.5. The van der Waals surface area contributed by atoms with Crippen molar-refractivity contribution in [1.29, 1.82) is 0 Å². The second-order valence-corrected chi connectivity index (χ2v) is 5.99. The molecule has 1 amide bonds. The molecular weight excluding hydrogens is 252 g/mol. The molecule has 0 aliphatic carbocycles. The third-order valence-electron chi connectivity index (χ3n) is 3.21. The van der Waals surface area contributed by atoms with Crippen LogP contribution in [0.5, 0.6) is 0 Å². The van der Waals surface area contributed by atoms with Gasteiger partial charge in [-0.25, -0.2) is 0 Å². The highest BCUT2D eigenvalue weighted by molar-refractivity contribution is 5.85. The van der Waals surface area contributed by atoms with Gasteiger partial charge in [0.15, 0.2) is 0 Å². The first-order valence-electron chi connectivity index (χ1n) is 6.57. The molecule has 1 fully saturated rings. The maximum atomic E-state index is 11.7. The van der Waals surface area contributed by atoms with Crippen molar-refractivity contribution in [2.75, 3.05) is 13.1 Å². The number of hydrogen-bond donors (Lipinski definition) is 3. The molecule has 1 saturated heterocycles. The van der Waals surface area contributed by atoms with Crippen LogP contribution in [0.15, 0.2) is 0 Å². The van der Waals surface area contributed by atoms with E-state index in [1.807, 2.05) is 0 Å². The molecule has 1 aliphatic heterocycles. The molecule has 5 heteroatoms. The normalized spacial score (nSPS) is 21.2. The van der Waals surface area contributed by atoms with Crippen molar-refractivity contribution in [2.24, 2.45) is 5.41 Å². The van der Waals surface area contributed by atoms with Gasteiger partial charge in [0.2, 0.25) is 5.91 Å². The van der Waals surface area contributed by atoms with Crippen LogP contribution in [0.1, 0.15) is 46.5 Å². The van der Waals surface area contributed by atoms with Gasteiger partial charge >= 0.3 is 0 Å². The van der Waals surface area contributed by atoms with Crippen LogP contribution in [-0.2, 0) is 4.79 Å². The molecular formula is C13H27ClN2O2. The summed E-state index contributed by atoms with van der Waals surface area (Å²) in [5.74, 6) is 0.114. The number of nitrogens with one attached hydrogen (secondary N) is 2. The van der Waals surface area contributed by atoms with Crippen LogP contribution in [0.4, 0.5) is 0 Å². The average Bonchev–Trinajstić information content (AvgIpc) is 2.65. The maximum absolute atomic E-state index is 11.7. The van der Waals surface area contributed by atoms with Crippen LogP contribution < -0.4 is 10.6 Å². The number of carbonyl (C=O) groups excluding carboxylic acids is 1. The first kappa shape index (κ1) is 17.7. The smallest absolute Gasteiger partial charge is 0.221 e. The fourth-order valence-electron chi connectivity index (χ4n) is 2.44. The summed E-state index contributed by atoms with van der Waals surface area (Å²) in [6.07, 6.45) is 3.23. The summed E-state index contributed by atoms with van der Waals surface area (Å²) in [4.78, 5) is 11.7. The molecule has 3 N–H and O–H groups in total. The van der Waals surface area contributed by atoms with Crippen molar-refractivity contribution >= 4 is 18.3 Å². The lowest BCUT2D eigenvalue weighted by atomic mass is 9.87. The van der Waals surface area contributed by atoms with Crippen LogP contribution in [0.25, 0.3) is 0 Å². The molecule has 1 aliphatic rings. The van der Waals surface area contributed by atoms with Crippen molar-refractivity contribution in [2.45, 2.75) is 58.6 Å². The van der Waals surface area contributed by atoms with Crippen LogP contribution >= 0.6 is 12.4 Å². The Morgan fingerprint density at radius 3 is 2.72 bits per heavy atom. The fourth-order valence-corrected chi connectivity index (χ4v) is 2.44. The van der Waals surface area contributed by atoms with Gasteiger partial charge in [-0.1, -0.05) is 13.8 Å². The monoisotopic (exact) mass is 278 g/mol. The van der Waals surface area contributed by atoms with Crippen LogP contribution in [-0.4, -0.2) is 36.2 Å². The minimum atomic E-state index is -0.321. The minimum Gasteiger partial charge on any atom is -0.393 e. The van der Waals surface area contributed by atoms with E-state index < -0.39 is 0 Å². The Kier molecular flexibility index (Phi) is 7.83. The molecule has 4 nitrogen and oxygen atoms in total. The fraction of sp³-hybridized carbons (Fsp3) is 0.923. The highest BCUT2D eigenvalue weighted by Crippen LogP contribution is 2.21. The topological polar surface area (TPSA) is 61.4 Å². The Morgan fingerprint density at radius 2 is 2.22 bits per heavy atom. The zero-order chi connectivity index (χ0) is 12.9. The Labute approximate surface area is 116 Å². The van der Waals surface area contributed by atoms with E-state index in [0.717, 1.165) is 13.0 Å². The van der Waals surface area contributed by atoms with E-state index in [2.05, 4.69) is 24.5 Å². The molecule has 0 radical (unpaired) electrons. The van der Waals surface area contributed by atoms with E-state index in [0.29, 0.717) is 25.4 Å². The lowest BCUT2D eigenvalue weighted by molar-refractivity contribution is -0.122.